The highest BCUT2D eigenvalue weighted by Crippen LogP contribution is 1.92. The van der Waals surface area contributed by atoms with Gasteiger partial charge in [0.1, 0.15) is 0 Å². The van der Waals surface area contributed by atoms with Crippen LogP contribution in [0.2, 0.25) is 0 Å². The van der Waals surface area contributed by atoms with Crippen LogP contribution in [-0.4, -0.2) is 20.3 Å². The van der Waals surface area contributed by atoms with Crippen LogP contribution in [0.3, 0.4) is 0 Å². The minimum atomic E-state index is 1.03. The predicted molar refractivity (Wildman–Crippen MR) is 41.8 cm³/mol. The molecule has 0 bridgehead atoms. The van der Waals surface area contributed by atoms with E-state index in [1.54, 1.807) is 7.05 Å². The molecule has 0 aromatic carbocycles. The molecule has 0 unspecified atom stereocenters. The minimum Gasteiger partial charge on any atom is -0.394 e. The standard InChI is InChI=1S/C7H14N2/c1-4-7(5-8-2)6-9-3/h5-6,8H,4H2,1-3H3/b7-5-,9-6?. The van der Waals surface area contributed by atoms with Crippen molar-refractivity contribution in [3.05, 3.63) is 11.8 Å². The highest BCUT2D eigenvalue weighted by molar-refractivity contribution is 5.77. The fourth-order valence-electron chi connectivity index (χ4n) is 0.582. The van der Waals surface area contributed by atoms with Gasteiger partial charge in [-0.2, -0.15) is 0 Å². The average molecular weight is 126 g/mol. The van der Waals surface area contributed by atoms with E-state index >= 15 is 0 Å². The molecule has 1 N–H and O–H groups in total. The van der Waals surface area contributed by atoms with Gasteiger partial charge in [0.2, 0.25) is 0 Å². The Balaban J connectivity index is 3.81. The van der Waals surface area contributed by atoms with Crippen LogP contribution in [0.15, 0.2) is 16.8 Å². The summed E-state index contributed by atoms with van der Waals surface area (Å²) in [6.45, 7) is 2.10. The zero-order valence-corrected chi connectivity index (χ0v) is 6.31. The van der Waals surface area contributed by atoms with Crippen LogP contribution in [0.1, 0.15) is 13.3 Å². The molecule has 2 heteroatoms. The summed E-state index contributed by atoms with van der Waals surface area (Å²) < 4.78 is 0. The molecule has 0 aliphatic carbocycles. The third kappa shape index (κ3) is 3.76. The summed E-state index contributed by atoms with van der Waals surface area (Å²) in [5, 5.41) is 2.95. The third-order valence-corrected chi connectivity index (χ3v) is 1.03. The van der Waals surface area contributed by atoms with E-state index in [0.717, 1.165) is 6.42 Å². The van der Waals surface area contributed by atoms with Gasteiger partial charge < -0.3 is 5.32 Å². The molecular weight excluding hydrogens is 112 g/mol. The lowest BCUT2D eigenvalue weighted by atomic mass is 10.2. The maximum atomic E-state index is 3.89. The van der Waals surface area contributed by atoms with Gasteiger partial charge in [-0.3, -0.25) is 4.99 Å². The van der Waals surface area contributed by atoms with Crippen LogP contribution in [0.5, 0.6) is 0 Å². The van der Waals surface area contributed by atoms with E-state index < -0.39 is 0 Å². The summed E-state index contributed by atoms with van der Waals surface area (Å²) >= 11 is 0. The molecule has 0 fully saturated rings. The van der Waals surface area contributed by atoms with Gasteiger partial charge in [0.05, 0.1) is 0 Å². The molecule has 9 heavy (non-hydrogen) atoms. The molecule has 0 radical (unpaired) electrons. The molecule has 0 amide bonds. The molecule has 0 heterocycles. The maximum Gasteiger partial charge on any atom is 0.0277 e. The molecule has 52 valence electrons. The summed E-state index contributed by atoms with van der Waals surface area (Å²) in [6.07, 6.45) is 4.84. The monoisotopic (exact) mass is 126 g/mol. The Hall–Kier alpha value is -0.790. The Morgan fingerprint density at radius 1 is 1.67 bits per heavy atom. The van der Waals surface area contributed by atoms with E-state index in [1.807, 2.05) is 19.5 Å². The molecule has 0 spiro atoms. The van der Waals surface area contributed by atoms with Gasteiger partial charge in [0.15, 0.2) is 0 Å². The number of hydrogen-bond acceptors (Lipinski definition) is 2. The van der Waals surface area contributed by atoms with E-state index in [1.165, 1.54) is 5.57 Å². The second-order valence-electron chi connectivity index (χ2n) is 1.75. The maximum absolute atomic E-state index is 3.89. The average Bonchev–Trinajstić information content (AvgIpc) is 1.88. The molecule has 0 rings (SSSR count). The molecule has 0 atom stereocenters. The first-order chi connectivity index (χ1) is 4.35. The van der Waals surface area contributed by atoms with Crippen LogP contribution < -0.4 is 5.32 Å². The first kappa shape index (κ1) is 8.21. The van der Waals surface area contributed by atoms with E-state index in [0.29, 0.717) is 0 Å². The van der Waals surface area contributed by atoms with E-state index in [9.17, 15) is 0 Å². The molecule has 2 nitrogen and oxygen atoms in total. The first-order valence-corrected chi connectivity index (χ1v) is 3.13. The zero-order chi connectivity index (χ0) is 7.11. The van der Waals surface area contributed by atoms with Crippen LogP contribution in [-0.2, 0) is 0 Å². The number of allylic oxidation sites excluding steroid dienone is 1. The second kappa shape index (κ2) is 5.35. The summed E-state index contributed by atoms with van der Waals surface area (Å²) in [5.41, 5.74) is 1.22. The van der Waals surface area contributed by atoms with Gasteiger partial charge in [0.25, 0.3) is 0 Å². The Morgan fingerprint density at radius 2 is 2.33 bits per heavy atom. The van der Waals surface area contributed by atoms with Crippen molar-refractivity contribution in [1.82, 2.24) is 5.32 Å². The van der Waals surface area contributed by atoms with Gasteiger partial charge in [-0.1, -0.05) is 6.92 Å². The van der Waals surface area contributed by atoms with E-state index in [4.69, 9.17) is 0 Å². The molecule has 0 aromatic rings. The van der Waals surface area contributed by atoms with Crippen molar-refractivity contribution in [2.75, 3.05) is 14.1 Å². The lowest BCUT2D eigenvalue weighted by molar-refractivity contribution is 1.05. The quantitative estimate of drug-likeness (QED) is 0.564. The number of nitrogens with zero attached hydrogens (tertiary/aromatic N) is 1. The van der Waals surface area contributed by atoms with Gasteiger partial charge >= 0.3 is 0 Å². The van der Waals surface area contributed by atoms with Crippen molar-refractivity contribution in [2.24, 2.45) is 4.99 Å². The zero-order valence-electron chi connectivity index (χ0n) is 6.31. The van der Waals surface area contributed by atoms with Crippen molar-refractivity contribution < 1.29 is 0 Å². The smallest absolute Gasteiger partial charge is 0.0277 e. The number of aliphatic imine (C=N–C) groups is 1. The lowest BCUT2D eigenvalue weighted by Crippen LogP contribution is -1.96. The third-order valence-electron chi connectivity index (χ3n) is 1.03. The molecule has 0 aliphatic rings. The van der Waals surface area contributed by atoms with Crippen molar-refractivity contribution in [2.45, 2.75) is 13.3 Å². The van der Waals surface area contributed by atoms with Crippen molar-refractivity contribution >= 4 is 6.21 Å². The molecule has 0 aliphatic heterocycles. The summed E-state index contributed by atoms with van der Waals surface area (Å²) in [7, 11) is 3.66. The summed E-state index contributed by atoms with van der Waals surface area (Å²) in [5.74, 6) is 0. The van der Waals surface area contributed by atoms with Gasteiger partial charge in [-0.05, 0) is 12.0 Å². The Labute approximate surface area is 56.7 Å². The fourth-order valence-corrected chi connectivity index (χ4v) is 0.582. The van der Waals surface area contributed by atoms with Crippen molar-refractivity contribution in [1.29, 1.82) is 0 Å². The van der Waals surface area contributed by atoms with Gasteiger partial charge in [-0.15, -0.1) is 0 Å². The first-order valence-electron chi connectivity index (χ1n) is 3.13. The molecular formula is C7H14N2. The number of hydrogen-bond donors (Lipinski definition) is 1. The predicted octanol–water partition coefficient (Wildman–Crippen LogP) is 1.20. The Kier molecular flexibility index (Phi) is 4.88. The highest BCUT2D eigenvalue weighted by Gasteiger charge is 1.83. The lowest BCUT2D eigenvalue weighted by Gasteiger charge is -1.93. The number of nitrogens with one attached hydrogen (secondary N) is 1. The summed E-state index contributed by atoms with van der Waals surface area (Å²) in [4.78, 5) is 3.89. The van der Waals surface area contributed by atoms with Crippen molar-refractivity contribution in [3.8, 4) is 0 Å². The SMILES string of the molecule is CC/C(C=NC)=C/NC. The largest absolute Gasteiger partial charge is 0.394 e. The normalized spacial score (nSPS) is 12.6. The summed E-state index contributed by atoms with van der Waals surface area (Å²) in [6, 6.07) is 0. The van der Waals surface area contributed by atoms with Crippen LogP contribution in [0.25, 0.3) is 0 Å². The van der Waals surface area contributed by atoms with E-state index in [2.05, 4.69) is 17.2 Å². The highest BCUT2D eigenvalue weighted by atomic mass is 14.8. The Morgan fingerprint density at radius 3 is 2.67 bits per heavy atom. The Bertz CT molecular complexity index is 114. The molecule has 0 aromatic heterocycles. The molecule has 0 saturated heterocycles. The van der Waals surface area contributed by atoms with Crippen LogP contribution in [0.4, 0.5) is 0 Å². The van der Waals surface area contributed by atoms with E-state index in [-0.39, 0.29) is 0 Å². The van der Waals surface area contributed by atoms with Gasteiger partial charge in [-0.25, -0.2) is 0 Å². The van der Waals surface area contributed by atoms with Crippen LogP contribution in [0, 0.1) is 0 Å². The van der Waals surface area contributed by atoms with Gasteiger partial charge in [0, 0.05) is 26.5 Å². The fraction of sp³-hybridized carbons (Fsp3) is 0.571. The number of rotatable bonds is 3. The van der Waals surface area contributed by atoms with Crippen molar-refractivity contribution in [3.63, 3.8) is 0 Å². The topological polar surface area (TPSA) is 24.4 Å². The molecule has 0 saturated carbocycles. The second-order valence-corrected chi connectivity index (χ2v) is 1.75. The van der Waals surface area contributed by atoms with Crippen LogP contribution >= 0.6 is 0 Å². The minimum absolute atomic E-state index is 1.03.